The van der Waals surface area contributed by atoms with Crippen LogP contribution in [-0.4, -0.2) is 61.1 Å². The third-order valence-corrected chi connectivity index (χ3v) is 5.88. The van der Waals surface area contributed by atoms with Gasteiger partial charge >= 0.3 is 0 Å². The first kappa shape index (κ1) is 21.7. The van der Waals surface area contributed by atoms with Crippen molar-refractivity contribution < 1.29 is 0 Å². The zero-order chi connectivity index (χ0) is 20.8. The van der Waals surface area contributed by atoms with Gasteiger partial charge in [0.2, 0.25) is 5.95 Å². The van der Waals surface area contributed by atoms with Gasteiger partial charge in [0.1, 0.15) is 0 Å². The molecule has 2 fully saturated rings. The second-order valence-corrected chi connectivity index (χ2v) is 8.24. The highest BCUT2D eigenvalue weighted by Gasteiger charge is 2.41. The molecule has 0 radical (unpaired) electrons. The lowest BCUT2D eigenvalue weighted by Gasteiger charge is -2.42. The Labute approximate surface area is 175 Å². The van der Waals surface area contributed by atoms with Gasteiger partial charge in [-0.2, -0.15) is 0 Å². The molecule has 0 saturated carbocycles. The molecule has 2 unspecified atom stereocenters. The first-order valence-corrected chi connectivity index (χ1v) is 11.4. The maximum Gasteiger partial charge on any atom is 0.225 e. The number of piperazine rings is 1. The van der Waals surface area contributed by atoms with Crippen molar-refractivity contribution in [1.82, 2.24) is 29.9 Å². The minimum Gasteiger partial charge on any atom is -0.332 e. The van der Waals surface area contributed by atoms with Gasteiger partial charge in [-0.1, -0.05) is 32.4 Å². The number of hydrogen-bond acceptors (Lipinski definition) is 6. The summed E-state index contributed by atoms with van der Waals surface area (Å²) in [4.78, 5) is 14.5. The van der Waals surface area contributed by atoms with Crippen molar-refractivity contribution in [3.8, 4) is 0 Å². The molecular weight excluding hydrogens is 362 g/mol. The highest BCUT2D eigenvalue weighted by molar-refractivity contribution is 5.37. The maximum atomic E-state index is 4.70. The highest BCUT2D eigenvalue weighted by Crippen LogP contribution is 2.33. The molecule has 160 valence electrons. The minimum atomic E-state index is 0.549. The van der Waals surface area contributed by atoms with Crippen molar-refractivity contribution in [3.05, 3.63) is 29.8 Å². The van der Waals surface area contributed by atoms with Crippen LogP contribution >= 0.6 is 0 Å². The van der Waals surface area contributed by atoms with E-state index in [-0.39, 0.29) is 0 Å². The third-order valence-electron chi connectivity index (χ3n) is 5.88. The number of unbranched alkanes of at least 4 members (excludes halogenated alkanes) is 1. The summed E-state index contributed by atoms with van der Waals surface area (Å²) in [5.74, 6) is 0.886. The Kier molecular flexibility index (Phi) is 7.58. The zero-order valence-corrected chi connectivity index (χ0v) is 18.8. The average molecular weight is 400 g/mol. The van der Waals surface area contributed by atoms with E-state index in [1.807, 2.05) is 37.1 Å². The molecule has 2 aliphatic heterocycles. The van der Waals surface area contributed by atoms with Crippen molar-refractivity contribution in [2.75, 3.05) is 18.0 Å². The summed E-state index contributed by atoms with van der Waals surface area (Å²) in [5.41, 5.74) is 2.13. The lowest BCUT2D eigenvalue weighted by atomic mass is 10.1. The predicted molar refractivity (Wildman–Crippen MR) is 117 cm³/mol. The quantitative estimate of drug-likeness (QED) is 0.709. The number of aromatic nitrogens is 5. The summed E-state index contributed by atoms with van der Waals surface area (Å²) >= 11 is 0. The number of nitrogens with zero attached hydrogens (tertiary/aromatic N) is 7. The van der Waals surface area contributed by atoms with Gasteiger partial charge in [-0.15, -0.1) is 5.10 Å². The van der Waals surface area contributed by atoms with E-state index in [1.165, 1.54) is 19.3 Å². The van der Waals surface area contributed by atoms with E-state index >= 15 is 0 Å². The molecule has 2 aromatic heterocycles. The van der Waals surface area contributed by atoms with Crippen LogP contribution in [0.2, 0.25) is 0 Å². The van der Waals surface area contributed by atoms with Crippen LogP contribution in [0.3, 0.4) is 0 Å². The number of likely N-dealkylation sites (tertiary alicyclic amines) is 1. The molecular formula is C22H37N7. The molecule has 7 nitrogen and oxygen atoms in total. The van der Waals surface area contributed by atoms with E-state index < -0.39 is 0 Å². The molecule has 4 rings (SSSR count). The zero-order valence-electron chi connectivity index (χ0n) is 18.8. The van der Waals surface area contributed by atoms with E-state index in [2.05, 4.69) is 40.9 Å². The molecule has 7 heteroatoms. The molecule has 2 aromatic rings. The molecule has 2 atom stereocenters. The average Bonchev–Trinajstić information content (AvgIpc) is 3.29. The topological polar surface area (TPSA) is 63.0 Å². The van der Waals surface area contributed by atoms with Crippen molar-refractivity contribution in [2.24, 2.45) is 0 Å². The first-order valence-electron chi connectivity index (χ1n) is 11.4. The van der Waals surface area contributed by atoms with Crippen molar-refractivity contribution in [3.63, 3.8) is 0 Å². The van der Waals surface area contributed by atoms with E-state index in [0.29, 0.717) is 24.7 Å². The van der Waals surface area contributed by atoms with Crippen LogP contribution in [0, 0.1) is 0 Å². The Balaban J connectivity index is 0.00000117. The molecule has 0 aliphatic carbocycles. The monoisotopic (exact) mass is 399 g/mol. The van der Waals surface area contributed by atoms with E-state index in [4.69, 9.17) is 9.97 Å². The SMILES string of the molecule is CC.CCCCc1cn(Cc2cnc(N3C4CCC3CN(C(C)C)C4)nc2)nn1. The minimum absolute atomic E-state index is 0.549. The Morgan fingerprint density at radius 2 is 1.72 bits per heavy atom. The van der Waals surface area contributed by atoms with Gasteiger partial charge in [0, 0.05) is 55.4 Å². The standard InChI is InChI=1S/C20H31N7.C2H6/c1-4-5-6-17-12-26(24-23-17)11-16-9-21-20(22-10-16)27-18-7-8-19(27)14-25(13-18)15(2)3;1-2/h9-10,12,15,18-19H,4-8,11,13-14H2,1-3H3;1-2H3. The van der Waals surface area contributed by atoms with Crippen LogP contribution in [0.4, 0.5) is 5.95 Å². The van der Waals surface area contributed by atoms with E-state index in [1.54, 1.807) is 0 Å². The molecule has 29 heavy (non-hydrogen) atoms. The smallest absolute Gasteiger partial charge is 0.225 e. The summed E-state index contributed by atoms with van der Waals surface area (Å²) in [6.45, 7) is 13.7. The van der Waals surface area contributed by atoms with Gasteiger partial charge in [-0.3, -0.25) is 4.90 Å². The number of hydrogen-bond donors (Lipinski definition) is 0. The Morgan fingerprint density at radius 1 is 1.07 bits per heavy atom. The van der Waals surface area contributed by atoms with E-state index in [0.717, 1.165) is 43.1 Å². The second kappa shape index (κ2) is 10.1. The van der Waals surface area contributed by atoms with Crippen molar-refractivity contribution >= 4 is 5.95 Å². The maximum absolute atomic E-state index is 4.70. The predicted octanol–water partition coefficient (Wildman–Crippen LogP) is 3.55. The number of fused-ring (bicyclic) bond motifs is 2. The molecule has 4 heterocycles. The fraction of sp³-hybridized carbons (Fsp3) is 0.727. The van der Waals surface area contributed by atoms with Gasteiger partial charge in [-0.25, -0.2) is 14.6 Å². The van der Waals surface area contributed by atoms with Gasteiger partial charge < -0.3 is 4.90 Å². The molecule has 0 aromatic carbocycles. The van der Waals surface area contributed by atoms with Crippen LogP contribution in [0.5, 0.6) is 0 Å². The van der Waals surface area contributed by atoms with Gasteiger partial charge in [0.25, 0.3) is 0 Å². The summed E-state index contributed by atoms with van der Waals surface area (Å²) in [6.07, 6.45) is 11.8. The number of anilines is 1. The fourth-order valence-corrected chi connectivity index (χ4v) is 4.32. The lowest BCUT2D eigenvalue weighted by Crippen LogP contribution is -2.56. The number of aryl methyl sites for hydroxylation is 1. The molecule has 0 amide bonds. The lowest BCUT2D eigenvalue weighted by molar-refractivity contribution is 0.176. The fourth-order valence-electron chi connectivity index (χ4n) is 4.32. The number of rotatable bonds is 7. The molecule has 2 saturated heterocycles. The molecule has 0 N–H and O–H groups in total. The van der Waals surface area contributed by atoms with Crippen LogP contribution in [0.1, 0.15) is 71.6 Å². The van der Waals surface area contributed by atoms with Crippen LogP contribution in [0.15, 0.2) is 18.6 Å². The van der Waals surface area contributed by atoms with Gasteiger partial charge in [0.15, 0.2) is 0 Å². The first-order chi connectivity index (χ1) is 14.1. The highest BCUT2D eigenvalue weighted by atomic mass is 15.4. The Morgan fingerprint density at radius 3 is 2.31 bits per heavy atom. The summed E-state index contributed by atoms with van der Waals surface area (Å²) in [5, 5.41) is 8.48. The van der Waals surface area contributed by atoms with Crippen molar-refractivity contribution in [2.45, 2.75) is 91.4 Å². The van der Waals surface area contributed by atoms with E-state index in [9.17, 15) is 0 Å². The van der Waals surface area contributed by atoms with Gasteiger partial charge in [-0.05, 0) is 39.5 Å². The second-order valence-electron chi connectivity index (χ2n) is 8.24. The summed E-state index contributed by atoms with van der Waals surface area (Å²) in [6, 6.07) is 1.71. The normalized spacial score (nSPS) is 21.4. The van der Waals surface area contributed by atoms with Crippen LogP contribution in [0.25, 0.3) is 0 Å². The Hall–Kier alpha value is -2.02. The molecule has 0 spiro atoms. The molecule has 2 aliphatic rings. The summed E-state index contributed by atoms with van der Waals surface area (Å²) in [7, 11) is 0. The molecule has 2 bridgehead atoms. The Bertz CT molecular complexity index is 726. The third kappa shape index (κ3) is 5.13. The van der Waals surface area contributed by atoms with Crippen molar-refractivity contribution in [1.29, 1.82) is 0 Å². The van der Waals surface area contributed by atoms with Crippen LogP contribution < -0.4 is 4.90 Å². The summed E-state index contributed by atoms with van der Waals surface area (Å²) < 4.78 is 1.88. The largest absolute Gasteiger partial charge is 0.332 e. The van der Waals surface area contributed by atoms with Gasteiger partial charge in [0.05, 0.1) is 12.2 Å². The van der Waals surface area contributed by atoms with Crippen LogP contribution in [-0.2, 0) is 13.0 Å².